The second-order valence-electron chi connectivity index (χ2n) is 6.62. The van der Waals surface area contributed by atoms with E-state index in [1.807, 2.05) is 0 Å². The van der Waals surface area contributed by atoms with Crippen LogP contribution in [0.1, 0.15) is 42.3 Å². The maximum Gasteiger partial charge on any atom is 0.0708 e. The molecule has 0 spiro atoms. The van der Waals surface area contributed by atoms with Crippen LogP contribution in [0.3, 0.4) is 0 Å². The van der Waals surface area contributed by atoms with E-state index < -0.39 is 0 Å². The normalized spacial score (nSPS) is 15.8. The van der Waals surface area contributed by atoms with Gasteiger partial charge in [0.1, 0.15) is 0 Å². The van der Waals surface area contributed by atoms with Gasteiger partial charge < -0.3 is 0 Å². The molecule has 2 aromatic rings. The Bertz CT molecular complexity index is 679. The summed E-state index contributed by atoms with van der Waals surface area (Å²) in [7, 11) is 0. The van der Waals surface area contributed by atoms with Crippen LogP contribution in [0.4, 0.5) is 0 Å². The number of likely N-dealkylation sites (tertiary alicyclic amines) is 1. The number of hydrogen-bond acceptors (Lipinski definition) is 2. The van der Waals surface area contributed by atoms with Crippen molar-refractivity contribution < 1.29 is 0 Å². The molecular formula is C22H27N2. The molecule has 1 aliphatic rings. The number of pyridine rings is 1. The summed E-state index contributed by atoms with van der Waals surface area (Å²) in [4.78, 5) is 7.41. The maximum atomic E-state index is 4.89. The van der Waals surface area contributed by atoms with Gasteiger partial charge in [-0.3, -0.25) is 9.88 Å². The summed E-state index contributed by atoms with van der Waals surface area (Å²) in [6.07, 6.45) is 8.09. The molecule has 0 N–H and O–H groups in total. The minimum Gasteiger partial charge on any atom is -0.300 e. The smallest absolute Gasteiger partial charge is 0.0708 e. The third-order valence-electron chi connectivity index (χ3n) is 4.61. The molecule has 0 saturated carbocycles. The van der Waals surface area contributed by atoms with Crippen molar-refractivity contribution in [3.8, 4) is 0 Å². The number of aryl methyl sites for hydroxylation is 1. The Hall–Kier alpha value is -1.93. The van der Waals surface area contributed by atoms with Crippen molar-refractivity contribution >= 4 is 5.57 Å². The summed E-state index contributed by atoms with van der Waals surface area (Å²) in [6.45, 7) is 7.66. The molecule has 0 unspecified atom stereocenters. The van der Waals surface area contributed by atoms with Gasteiger partial charge in [-0.25, -0.2) is 0 Å². The quantitative estimate of drug-likeness (QED) is 0.768. The Labute approximate surface area is 146 Å². The summed E-state index contributed by atoms with van der Waals surface area (Å²) in [5, 5.41) is 0. The molecule has 1 saturated heterocycles. The molecule has 3 rings (SSSR count). The monoisotopic (exact) mass is 319 g/mol. The van der Waals surface area contributed by atoms with Gasteiger partial charge in [0.2, 0.25) is 0 Å². The fourth-order valence-corrected chi connectivity index (χ4v) is 3.24. The topological polar surface area (TPSA) is 16.1 Å². The Morgan fingerprint density at radius 1 is 1.08 bits per heavy atom. The van der Waals surface area contributed by atoms with Crippen LogP contribution in [0.5, 0.6) is 0 Å². The number of hydrogen-bond donors (Lipinski definition) is 0. The molecule has 2 heterocycles. The summed E-state index contributed by atoms with van der Waals surface area (Å²) in [6, 6.07) is 15.2. The van der Waals surface area contributed by atoms with Crippen molar-refractivity contribution in [2.45, 2.75) is 33.1 Å². The number of aromatic nitrogens is 1. The second-order valence-corrected chi connectivity index (χ2v) is 6.62. The Morgan fingerprint density at radius 2 is 1.83 bits per heavy atom. The van der Waals surface area contributed by atoms with E-state index in [2.05, 4.69) is 73.7 Å². The highest BCUT2D eigenvalue weighted by Gasteiger charge is 2.12. The summed E-state index contributed by atoms with van der Waals surface area (Å²) in [5.74, 6) is 0. The van der Waals surface area contributed by atoms with Gasteiger partial charge in [-0.1, -0.05) is 48.9 Å². The summed E-state index contributed by atoms with van der Waals surface area (Å²) < 4.78 is 0. The van der Waals surface area contributed by atoms with Gasteiger partial charge in [-0.15, -0.1) is 0 Å². The predicted octanol–water partition coefficient (Wildman–Crippen LogP) is 4.68. The lowest BCUT2D eigenvalue weighted by Gasteiger charge is -2.14. The molecule has 1 aliphatic heterocycles. The van der Waals surface area contributed by atoms with Crippen LogP contribution < -0.4 is 0 Å². The van der Waals surface area contributed by atoms with Crippen molar-refractivity contribution in [1.29, 1.82) is 0 Å². The Morgan fingerprint density at radius 3 is 2.54 bits per heavy atom. The molecule has 2 heteroatoms. The van der Waals surface area contributed by atoms with E-state index in [0.29, 0.717) is 0 Å². The zero-order valence-corrected chi connectivity index (χ0v) is 14.8. The van der Waals surface area contributed by atoms with Crippen LogP contribution in [0.2, 0.25) is 0 Å². The zero-order valence-electron chi connectivity index (χ0n) is 14.8. The molecule has 0 bridgehead atoms. The fraction of sp³-hybridized carbons (Fsp3) is 0.364. The van der Waals surface area contributed by atoms with Crippen molar-refractivity contribution in [3.63, 3.8) is 0 Å². The van der Waals surface area contributed by atoms with Crippen molar-refractivity contribution in [2.24, 2.45) is 0 Å². The van der Waals surface area contributed by atoms with E-state index >= 15 is 0 Å². The minimum atomic E-state index is 0.918. The molecule has 2 nitrogen and oxygen atoms in total. The van der Waals surface area contributed by atoms with E-state index in [1.54, 1.807) is 0 Å². The van der Waals surface area contributed by atoms with Crippen LogP contribution in [0, 0.1) is 13.3 Å². The van der Waals surface area contributed by atoms with Crippen LogP contribution in [-0.4, -0.2) is 29.5 Å². The second kappa shape index (κ2) is 8.25. The van der Waals surface area contributed by atoms with E-state index in [4.69, 9.17) is 4.98 Å². The van der Waals surface area contributed by atoms with Crippen LogP contribution in [0.25, 0.3) is 5.57 Å². The average Bonchev–Trinajstić information content (AvgIpc) is 3.11. The van der Waals surface area contributed by atoms with Crippen LogP contribution in [-0.2, 0) is 6.42 Å². The van der Waals surface area contributed by atoms with Gasteiger partial charge in [0.25, 0.3) is 0 Å². The first-order valence-corrected chi connectivity index (χ1v) is 9.00. The number of rotatable bonds is 6. The molecule has 1 aromatic carbocycles. The Kier molecular flexibility index (Phi) is 5.81. The minimum absolute atomic E-state index is 0.918. The summed E-state index contributed by atoms with van der Waals surface area (Å²) in [5.41, 5.74) is 6.01. The van der Waals surface area contributed by atoms with Gasteiger partial charge in [0.15, 0.2) is 0 Å². The van der Waals surface area contributed by atoms with Crippen molar-refractivity contribution in [3.05, 3.63) is 77.5 Å². The molecule has 0 amide bonds. The highest BCUT2D eigenvalue weighted by Crippen LogP contribution is 2.23. The van der Waals surface area contributed by atoms with E-state index in [9.17, 15) is 0 Å². The summed E-state index contributed by atoms with van der Waals surface area (Å²) >= 11 is 0. The molecular weight excluding hydrogens is 292 g/mol. The van der Waals surface area contributed by atoms with Gasteiger partial charge in [0, 0.05) is 17.8 Å². The molecule has 125 valence electrons. The first-order chi connectivity index (χ1) is 11.8. The van der Waals surface area contributed by atoms with Gasteiger partial charge in [0.05, 0.1) is 5.69 Å². The molecule has 1 aromatic heterocycles. The van der Waals surface area contributed by atoms with E-state index in [1.165, 1.54) is 42.6 Å². The SMILES string of the molecule is C[CH]Cc1cccc(/C(=C/CN2CCCC2)c2ccc(C)cc2)n1. The standard InChI is InChI=1S/C22H27N2/c1-3-7-20-8-6-9-22(23-20)21(14-17-24-15-4-5-16-24)19-12-10-18(2)11-13-19/h3,6,8-14H,4-5,7,15-17H2,1-2H3/b21-14+. The maximum absolute atomic E-state index is 4.89. The van der Waals surface area contributed by atoms with Crippen molar-refractivity contribution in [1.82, 2.24) is 9.88 Å². The molecule has 0 aliphatic carbocycles. The van der Waals surface area contributed by atoms with Crippen molar-refractivity contribution in [2.75, 3.05) is 19.6 Å². The third-order valence-corrected chi connectivity index (χ3v) is 4.61. The predicted molar refractivity (Wildman–Crippen MR) is 102 cm³/mol. The number of nitrogens with zero attached hydrogens (tertiary/aromatic N) is 2. The van der Waals surface area contributed by atoms with E-state index in [0.717, 1.165) is 24.4 Å². The van der Waals surface area contributed by atoms with E-state index in [-0.39, 0.29) is 0 Å². The first kappa shape index (κ1) is 16.9. The lowest BCUT2D eigenvalue weighted by Crippen LogP contribution is -2.19. The van der Waals surface area contributed by atoms with Gasteiger partial charge in [-0.2, -0.15) is 0 Å². The lowest BCUT2D eigenvalue weighted by atomic mass is 10.00. The Balaban J connectivity index is 1.92. The van der Waals surface area contributed by atoms with Crippen LogP contribution in [0.15, 0.2) is 48.5 Å². The zero-order chi connectivity index (χ0) is 16.8. The molecule has 1 radical (unpaired) electrons. The highest BCUT2D eigenvalue weighted by atomic mass is 15.1. The molecule has 0 atom stereocenters. The fourth-order valence-electron chi connectivity index (χ4n) is 3.24. The van der Waals surface area contributed by atoms with Crippen LogP contribution >= 0.6 is 0 Å². The van der Waals surface area contributed by atoms with Gasteiger partial charge >= 0.3 is 0 Å². The molecule has 1 fully saturated rings. The average molecular weight is 319 g/mol. The largest absolute Gasteiger partial charge is 0.300 e. The first-order valence-electron chi connectivity index (χ1n) is 9.00. The van der Waals surface area contributed by atoms with Gasteiger partial charge in [-0.05, 0) is 63.4 Å². The third kappa shape index (κ3) is 4.33. The number of benzene rings is 1. The lowest BCUT2D eigenvalue weighted by molar-refractivity contribution is 0.377. The highest BCUT2D eigenvalue weighted by molar-refractivity contribution is 5.78. The molecule has 24 heavy (non-hydrogen) atoms.